The van der Waals surface area contributed by atoms with Gasteiger partial charge in [-0.1, -0.05) is 12.1 Å². The Bertz CT molecular complexity index is 649. The lowest BCUT2D eigenvalue weighted by molar-refractivity contribution is -0.0499. The van der Waals surface area contributed by atoms with Gasteiger partial charge in [-0.2, -0.15) is 8.78 Å². The van der Waals surface area contributed by atoms with Crippen molar-refractivity contribution in [2.24, 2.45) is 5.73 Å². The third kappa shape index (κ3) is 4.22. The van der Waals surface area contributed by atoms with Crippen LogP contribution in [0.1, 0.15) is 34.0 Å². The Morgan fingerprint density at radius 1 is 1.50 bits per heavy atom. The highest BCUT2D eigenvalue weighted by molar-refractivity contribution is 7.09. The van der Waals surface area contributed by atoms with Gasteiger partial charge in [-0.15, -0.1) is 11.3 Å². The Balaban J connectivity index is 2.05. The topological polar surface area (TPSA) is 77.2 Å². The second kappa shape index (κ2) is 7.28. The summed E-state index contributed by atoms with van der Waals surface area (Å²) >= 11 is 1.31. The van der Waals surface area contributed by atoms with E-state index >= 15 is 0 Å². The molecule has 1 unspecified atom stereocenters. The van der Waals surface area contributed by atoms with E-state index in [1.165, 1.54) is 23.5 Å². The smallest absolute Gasteiger partial charge is 0.387 e. The number of nitrogens with two attached hydrogens (primary N) is 1. The number of halogens is 2. The number of rotatable bonds is 6. The number of hydrogen-bond donors (Lipinski definition) is 2. The molecule has 0 bridgehead atoms. The summed E-state index contributed by atoms with van der Waals surface area (Å²) in [6.45, 7) is -0.860. The average molecular weight is 327 g/mol. The first-order chi connectivity index (χ1) is 10.5. The zero-order chi connectivity index (χ0) is 16.1. The molecule has 5 nitrogen and oxygen atoms in total. The molecular weight excluding hydrogens is 312 g/mol. The average Bonchev–Trinajstić information content (AvgIpc) is 2.95. The van der Waals surface area contributed by atoms with Gasteiger partial charge in [0, 0.05) is 11.9 Å². The molecule has 2 aromatic rings. The summed E-state index contributed by atoms with van der Waals surface area (Å²) in [6.07, 6.45) is 0. The van der Waals surface area contributed by atoms with Crippen molar-refractivity contribution in [3.05, 3.63) is 45.9 Å². The highest BCUT2D eigenvalue weighted by Gasteiger charge is 2.15. The molecule has 0 saturated carbocycles. The van der Waals surface area contributed by atoms with Gasteiger partial charge >= 0.3 is 6.61 Å². The van der Waals surface area contributed by atoms with Crippen molar-refractivity contribution in [2.45, 2.75) is 26.1 Å². The first-order valence-corrected chi connectivity index (χ1v) is 7.37. The Hall–Kier alpha value is -2.06. The van der Waals surface area contributed by atoms with Crippen molar-refractivity contribution in [2.75, 3.05) is 0 Å². The Morgan fingerprint density at radius 3 is 2.91 bits per heavy atom. The molecule has 8 heteroatoms. The fraction of sp³-hybridized carbons (Fsp3) is 0.286. The van der Waals surface area contributed by atoms with Crippen molar-refractivity contribution < 1.29 is 18.3 Å². The van der Waals surface area contributed by atoms with Gasteiger partial charge in [0.05, 0.1) is 6.04 Å². The fourth-order valence-electron chi connectivity index (χ4n) is 1.82. The molecule has 1 aromatic carbocycles. The van der Waals surface area contributed by atoms with E-state index < -0.39 is 6.61 Å². The van der Waals surface area contributed by atoms with Gasteiger partial charge in [-0.25, -0.2) is 4.98 Å². The Morgan fingerprint density at radius 2 is 2.27 bits per heavy atom. The number of carbonyl (C=O) groups is 1. The van der Waals surface area contributed by atoms with E-state index in [2.05, 4.69) is 15.0 Å². The molecule has 22 heavy (non-hydrogen) atoms. The van der Waals surface area contributed by atoms with E-state index in [0.29, 0.717) is 10.6 Å². The molecule has 1 heterocycles. The number of nitrogens with one attached hydrogen (secondary N) is 1. The van der Waals surface area contributed by atoms with Crippen LogP contribution in [0.15, 0.2) is 29.6 Å². The molecule has 118 valence electrons. The standard InChI is InChI=1S/C14H15F2N3O2S/c1-8(9-3-2-4-10(5-9)21-14(15)16)18-13(20)11-7-22-12(6-17)19-11/h2-5,7-8,14H,6,17H2,1H3,(H,18,20). The number of benzene rings is 1. The molecule has 3 N–H and O–H groups in total. The van der Waals surface area contributed by atoms with Crippen LogP contribution < -0.4 is 15.8 Å². The van der Waals surface area contributed by atoms with Crippen LogP contribution in [-0.4, -0.2) is 17.5 Å². The third-order valence-corrected chi connectivity index (χ3v) is 3.76. The van der Waals surface area contributed by atoms with E-state index in [1.54, 1.807) is 24.4 Å². The number of nitrogens with zero attached hydrogens (tertiary/aromatic N) is 1. The zero-order valence-corrected chi connectivity index (χ0v) is 12.6. The first-order valence-electron chi connectivity index (χ1n) is 6.49. The Labute approximate surface area is 130 Å². The van der Waals surface area contributed by atoms with Gasteiger partial charge in [-0.3, -0.25) is 4.79 Å². The van der Waals surface area contributed by atoms with Crippen LogP contribution in [0.2, 0.25) is 0 Å². The highest BCUT2D eigenvalue weighted by Crippen LogP contribution is 2.21. The largest absolute Gasteiger partial charge is 0.435 e. The van der Waals surface area contributed by atoms with Crippen molar-refractivity contribution >= 4 is 17.2 Å². The molecular formula is C14H15F2N3O2S. The van der Waals surface area contributed by atoms with Gasteiger partial charge in [0.25, 0.3) is 5.91 Å². The molecule has 0 aliphatic carbocycles. The lowest BCUT2D eigenvalue weighted by Crippen LogP contribution is -2.27. The van der Waals surface area contributed by atoms with Gasteiger partial charge in [0.2, 0.25) is 0 Å². The molecule has 0 saturated heterocycles. The Kier molecular flexibility index (Phi) is 5.40. The van der Waals surface area contributed by atoms with Crippen LogP contribution in [0, 0.1) is 0 Å². The molecule has 0 aliphatic heterocycles. The highest BCUT2D eigenvalue weighted by atomic mass is 32.1. The van der Waals surface area contributed by atoms with Gasteiger partial charge < -0.3 is 15.8 Å². The normalized spacial score (nSPS) is 12.2. The molecule has 1 amide bonds. The van der Waals surface area contributed by atoms with E-state index in [0.717, 1.165) is 0 Å². The maximum Gasteiger partial charge on any atom is 0.387 e. The molecule has 2 rings (SSSR count). The van der Waals surface area contributed by atoms with Crippen LogP contribution in [0.5, 0.6) is 5.75 Å². The number of aromatic nitrogens is 1. The van der Waals surface area contributed by atoms with Crippen LogP contribution in [-0.2, 0) is 6.54 Å². The van der Waals surface area contributed by atoms with E-state index in [9.17, 15) is 13.6 Å². The molecule has 0 fully saturated rings. The van der Waals surface area contributed by atoms with Gasteiger partial charge in [0.15, 0.2) is 0 Å². The molecule has 0 spiro atoms. The van der Waals surface area contributed by atoms with Crippen molar-refractivity contribution in [3.8, 4) is 5.75 Å². The van der Waals surface area contributed by atoms with E-state index in [4.69, 9.17) is 5.73 Å². The minimum Gasteiger partial charge on any atom is -0.435 e. The first kappa shape index (κ1) is 16.3. The summed E-state index contributed by atoms with van der Waals surface area (Å²) in [5, 5.41) is 5.05. The predicted octanol–water partition coefficient (Wildman–Crippen LogP) is 2.69. The van der Waals surface area contributed by atoms with Crippen LogP contribution in [0.3, 0.4) is 0 Å². The fourth-order valence-corrected chi connectivity index (χ4v) is 2.48. The summed E-state index contributed by atoms with van der Waals surface area (Å²) in [5.74, 6) is -0.295. The SMILES string of the molecule is CC(NC(=O)c1csc(CN)n1)c1cccc(OC(F)F)c1. The number of alkyl halides is 2. The summed E-state index contributed by atoms with van der Waals surface area (Å²) < 4.78 is 28.8. The predicted molar refractivity (Wildman–Crippen MR) is 79.0 cm³/mol. The summed E-state index contributed by atoms with van der Waals surface area (Å²) in [7, 11) is 0. The summed E-state index contributed by atoms with van der Waals surface area (Å²) in [5.41, 5.74) is 6.40. The molecule has 0 aliphatic rings. The lowest BCUT2D eigenvalue weighted by Gasteiger charge is -2.14. The number of hydrogen-bond acceptors (Lipinski definition) is 5. The van der Waals surface area contributed by atoms with Crippen molar-refractivity contribution in [1.29, 1.82) is 0 Å². The van der Waals surface area contributed by atoms with Crippen molar-refractivity contribution in [3.63, 3.8) is 0 Å². The zero-order valence-electron chi connectivity index (χ0n) is 11.8. The van der Waals surface area contributed by atoms with Gasteiger partial charge in [-0.05, 0) is 24.6 Å². The lowest BCUT2D eigenvalue weighted by atomic mass is 10.1. The second-order valence-electron chi connectivity index (χ2n) is 4.48. The van der Waals surface area contributed by atoms with E-state index in [-0.39, 0.29) is 29.9 Å². The van der Waals surface area contributed by atoms with Crippen LogP contribution >= 0.6 is 11.3 Å². The van der Waals surface area contributed by atoms with Crippen LogP contribution in [0.4, 0.5) is 8.78 Å². The molecule has 0 radical (unpaired) electrons. The monoisotopic (exact) mass is 327 g/mol. The number of carbonyl (C=O) groups excluding carboxylic acids is 1. The summed E-state index contributed by atoms with van der Waals surface area (Å²) in [6, 6.07) is 5.82. The molecule has 1 aromatic heterocycles. The number of amides is 1. The second-order valence-corrected chi connectivity index (χ2v) is 5.42. The minimum absolute atomic E-state index is 0.0488. The molecule has 1 atom stereocenters. The van der Waals surface area contributed by atoms with Crippen LogP contribution in [0.25, 0.3) is 0 Å². The van der Waals surface area contributed by atoms with Crippen molar-refractivity contribution in [1.82, 2.24) is 10.3 Å². The maximum atomic E-state index is 12.2. The van der Waals surface area contributed by atoms with E-state index in [1.807, 2.05) is 0 Å². The minimum atomic E-state index is -2.88. The summed E-state index contributed by atoms with van der Waals surface area (Å²) in [4.78, 5) is 16.2. The quantitative estimate of drug-likeness (QED) is 0.855. The van der Waals surface area contributed by atoms with Gasteiger partial charge in [0.1, 0.15) is 16.5 Å². The number of ether oxygens (including phenoxy) is 1. The third-order valence-electron chi connectivity index (χ3n) is 2.89. The number of thiazole rings is 1. The maximum absolute atomic E-state index is 12.2.